The van der Waals surface area contributed by atoms with Crippen molar-refractivity contribution in [2.24, 2.45) is 0 Å². The third kappa shape index (κ3) is 1.73. The number of hydrogen-bond donors (Lipinski definition) is 0. The fraction of sp³-hybridized carbons (Fsp3) is 0.125. The molecule has 0 saturated carbocycles. The van der Waals surface area contributed by atoms with E-state index < -0.39 is 33.6 Å². The summed E-state index contributed by atoms with van der Waals surface area (Å²) in [5, 5.41) is 10.2. The van der Waals surface area contributed by atoms with Crippen molar-refractivity contribution in [1.29, 1.82) is 0 Å². The number of Topliss-reactive ketones (excluding diaryl/α,β-unsaturated/α-hetero) is 1. The number of nitrogens with zero attached hydrogens (tertiary/aromatic N) is 1. The minimum Gasteiger partial charge on any atom is -0.294 e. The van der Waals surface area contributed by atoms with Gasteiger partial charge in [0.25, 0.3) is 0 Å². The van der Waals surface area contributed by atoms with Crippen LogP contribution in [0.5, 0.6) is 0 Å². The second-order valence-electron chi connectivity index (χ2n) is 2.60. The van der Waals surface area contributed by atoms with E-state index in [2.05, 4.69) is 0 Å². The third-order valence-corrected chi connectivity index (χ3v) is 1.59. The third-order valence-electron chi connectivity index (χ3n) is 1.59. The van der Waals surface area contributed by atoms with Crippen molar-refractivity contribution in [3.8, 4) is 0 Å². The lowest BCUT2D eigenvalue weighted by Crippen LogP contribution is -2.02. The summed E-state index contributed by atoms with van der Waals surface area (Å²) in [5.41, 5.74) is -1.65. The number of carbonyl (C=O) groups is 1. The highest BCUT2D eigenvalue weighted by molar-refractivity contribution is 5.95. The molecule has 0 aliphatic rings. The van der Waals surface area contributed by atoms with Gasteiger partial charge in [0, 0.05) is 0 Å². The number of rotatable bonds is 2. The van der Waals surface area contributed by atoms with Gasteiger partial charge in [-0.3, -0.25) is 14.9 Å². The van der Waals surface area contributed by atoms with E-state index >= 15 is 0 Å². The maximum absolute atomic E-state index is 13.1. The molecular formula is C8H5F2NO3. The number of nitro benzene ring substituents is 1. The van der Waals surface area contributed by atoms with Crippen molar-refractivity contribution in [2.45, 2.75) is 6.92 Å². The van der Waals surface area contributed by atoms with Crippen molar-refractivity contribution in [3.05, 3.63) is 39.4 Å². The zero-order valence-corrected chi connectivity index (χ0v) is 7.08. The Kier molecular flexibility index (Phi) is 2.55. The molecule has 1 aromatic rings. The van der Waals surface area contributed by atoms with Crippen LogP contribution in [0.1, 0.15) is 17.3 Å². The van der Waals surface area contributed by atoms with Gasteiger partial charge in [-0.25, -0.2) is 4.39 Å². The molecule has 1 rings (SSSR count). The molecular weight excluding hydrogens is 196 g/mol. The van der Waals surface area contributed by atoms with E-state index in [4.69, 9.17) is 0 Å². The second-order valence-corrected chi connectivity index (χ2v) is 2.60. The van der Waals surface area contributed by atoms with Gasteiger partial charge in [-0.1, -0.05) is 0 Å². The minimum absolute atomic E-state index is 0.432. The summed E-state index contributed by atoms with van der Waals surface area (Å²) in [6.07, 6.45) is 0. The summed E-state index contributed by atoms with van der Waals surface area (Å²) < 4.78 is 25.8. The first kappa shape index (κ1) is 10.2. The Morgan fingerprint density at radius 1 is 1.43 bits per heavy atom. The van der Waals surface area contributed by atoms with Crippen LogP contribution < -0.4 is 0 Å². The van der Waals surface area contributed by atoms with Crippen molar-refractivity contribution >= 4 is 11.5 Å². The molecule has 0 N–H and O–H groups in total. The summed E-state index contributed by atoms with van der Waals surface area (Å²) in [7, 11) is 0. The first-order valence-corrected chi connectivity index (χ1v) is 3.58. The Hall–Kier alpha value is -1.85. The van der Waals surface area contributed by atoms with E-state index in [9.17, 15) is 23.7 Å². The van der Waals surface area contributed by atoms with Crippen molar-refractivity contribution in [1.82, 2.24) is 0 Å². The molecule has 0 aliphatic carbocycles. The molecule has 0 unspecified atom stereocenters. The standard InChI is InChI=1S/C8H5F2NO3/c1-4(12)6-2-5(9)3-7(8(6)10)11(13)14/h2-3H,1H3. The highest BCUT2D eigenvalue weighted by Crippen LogP contribution is 2.22. The van der Waals surface area contributed by atoms with Crippen LogP contribution in [0.4, 0.5) is 14.5 Å². The van der Waals surface area contributed by atoms with Crippen molar-refractivity contribution in [3.63, 3.8) is 0 Å². The lowest BCUT2D eigenvalue weighted by Gasteiger charge is -1.99. The SMILES string of the molecule is CC(=O)c1cc(F)cc([N+](=O)[O-])c1F. The van der Waals surface area contributed by atoms with E-state index in [1.807, 2.05) is 0 Å². The minimum atomic E-state index is -1.30. The quantitative estimate of drug-likeness (QED) is 0.418. The van der Waals surface area contributed by atoms with Crippen LogP contribution in [0.15, 0.2) is 12.1 Å². The lowest BCUT2D eigenvalue weighted by atomic mass is 10.1. The second kappa shape index (κ2) is 3.49. The fourth-order valence-corrected chi connectivity index (χ4v) is 0.964. The number of benzene rings is 1. The number of nitro groups is 1. The predicted octanol–water partition coefficient (Wildman–Crippen LogP) is 2.08. The summed E-state index contributed by atoms with van der Waals surface area (Å²) in [5.74, 6) is -3.07. The Morgan fingerprint density at radius 2 is 2.00 bits per heavy atom. The molecule has 0 bridgehead atoms. The molecule has 0 spiro atoms. The van der Waals surface area contributed by atoms with Gasteiger partial charge in [0.1, 0.15) is 5.82 Å². The fourth-order valence-electron chi connectivity index (χ4n) is 0.964. The molecule has 1 aromatic carbocycles. The van der Waals surface area contributed by atoms with Gasteiger partial charge in [0.15, 0.2) is 5.78 Å². The molecule has 0 radical (unpaired) electrons. The maximum atomic E-state index is 13.1. The van der Waals surface area contributed by atoms with Crippen molar-refractivity contribution < 1.29 is 18.5 Å². The van der Waals surface area contributed by atoms with Gasteiger partial charge < -0.3 is 0 Å². The molecule has 4 nitrogen and oxygen atoms in total. The van der Waals surface area contributed by atoms with Gasteiger partial charge in [0.05, 0.1) is 16.6 Å². The van der Waals surface area contributed by atoms with E-state index in [0.717, 1.165) is 6.92 Å². The van der Waals surface area contributed by atoms with Gasteiger partial charge in [0.2, 0.25) is 5.82 Å². The zero-order valence-electron chi connectivity index (χ0n) is 7.08. The Morgan fingerprint density at radius 3 is 2.43 bits per heavy atom. The van der Waals surface area contributed by atoms with Gasteiger partial charge in [-0.2, -0.15) is 4.39 Å². The Balaban J connectivity index is 3.47. The number of ketones is 1. The monoisotopic (exact) mass is 201 g/mol. The Labute approximate surface area is 77.3 Å². The molecule has 0 aliphatic heterocycles. The molecule has 0 amide bonds. The summed E-state index contributed by atoms with van der Waals surface area (Å²) in [6.45, 7) is 1.00. The van der Waals surface area contributed by atoms with Gasteiger partial charge in [-0.05, 0) is 13.0 Å². The van der Waals surface area contributed by atoms with Crippen LogP contribution in [0.3, 0.4) is 0 Å². The van der Waals surface area contributed by atoms with Crippen LogP contribution >= 0.6 is 0 Å². The van der Waals surface area contributed by atoms with Crippen LogP contribution in [0, 0.1) is 21.7 Å². The summed E-state index contributed by atoms with van der Waals surface area (Å²) in [4.78, 5) is 19.9. The van der Waals surface area contributed by atoms with Crippen LogP contribution in [0.2, 0.25) is 0 Å². The molecule has 0 saturated heterocycles. The molecule has 0 atom stereocenters. The summed E-state index contributed by atoms with van der Waals surface area (Å²) >= 11 is 0. The van der Waals surface area contributed by atoms with Crippen LogP contribution in [-0.2, 0) is 0 Å². The highest BCUT2D eigenvalue weighted by Gasteiger charge is 2.21. The van der Waals surface area contributed by atoms with Crippen molar-refractivity contribution in [2.75, 3.05) is 0 Å². The summed E-state index contributed by atoms with van der Waals surface area (Å²) in [6, 6.07) is 1.06. The first-order valence-electron chi connectivity index (χ1n) is 3.58. The average molecular weight is 201 g/mol. The van der Waals surface area contributed by atoms with E-state index in [1.54, 1.807) is 0 Å². The Bertz CT molecular complexity index is 382. The maximum Gasteiger partial charge on any atom is 0.308 e. The number of carbonyl (C=O) groups excluding carboxylic acids is 1. The van der Waals surface area contributed by atoms with E-state index in [0.29, 0.717) is 12.1 Å². The van der Waals surface area contributed by atoms with Crippen LogP contribution in [-0.4, -0.2) is 10.7 Å². The molecule has 14 heavy (non-hydrogen) atoms. The molecule has 0 heterocycles. The number of hydrogen-bond acceptors (Lipinski definition) is 3. The predicted molar refractivity (Wildman–Crippen MR) is 43.0 cm³/mol. The molecule has 74 valence electrons. The van der Waals surface area contributed by atoms with E-state index in [-0.39, 0.29) is 0 Å². The molecule has 0 fully saturated rings. The largest absolute Gasteiger partial charge is 0.308 e. The lowest BCUT2D eigenvalue weighted by molar-refractivity contribution is -0.387. The normalized spacial score (nSPS) is 9.93. The average Bonchev–Trinajstić information content (AvgIpc) is 2.07. The smallest absolute Gasteiger partial charge is 0.294 e. The van der Waals surface area contributed by atoms with Gasteiger partial charge in [-0.15, -0.1) is 0 Å². The highest BCUT2D eigenvalue weighted by atomic mass is 19.1. The molecule has 0 aromatic heterocycles. The number of halogens is 2. The zero-order chi connectivity index (χ0) is 10.9. The molecule has 6 heteroatoms. The van der Waals surface area contributed by atoms with Gasteiger partial charge >= 0.3 is 5.69 Å². The van der Waals surface area contributed by atoms with Crippen LogP contribution in [0.25, 0.3) is 0 Å². The van der Waals surface area contributed by atoms with E-state index in [1.165, 1.54) is 0 Å². The topological polar surface area (TPSA) is 60.2 Å². The first-order chi connectivity index (χ1) is 6.43.